The number of hydrogen-bond donors (Lipinski definition) is 0. The van der Waals surface area contributed by atoms with Gasteiger partial charge in [-0.1, -0.05) is 60.0 Å². The van der Waals surface area contributed by atoms with Crippen molar-refractivity contribution in [3.8, 4) is 22.9 Å². The van der Waals surface area contributed by atoms with E-state index in [0.29, 0.717) is 17.4 Å². The van der Waals surface area contributed by atoms with Gasteiger partial charge in [0.2, 0.25) is 5.88 Å². The van der Waals surface area contributed by atoms with Crippen LogP contribution in [0.4, 0.5) is 17.3 Å². The summed E-state index contributed by atoms with van der Waals surface area (Å²) in [5.41, 5.74) is 2.80. The fourth-order valence-corrected chi connectivity index (χ4v) is 5.87. The van der Waals surface area contributed by atoms with Crippen molar-refractivity contribution in [1.29, 1.82) is 0 Å². The second-order valence-electron chi connectivity index (χ2n) is 8.91. The van der Waals surface area contributed by atoms with Crippen LogP contribution in [0.3, 0.4) is 0 Å². The van der Waals surface area contributed by atoms with E-state index in [1.165, 1.54) is 20.2 Å². The summed E-state index contributed by atoms with van der Waals surface area (Å²) in [5, 5.41) is 2.48. The normalized spacial score (nSPS) is 10.8. The van der Waals surface area contributed by atoms with Gasteiger partial charge >= 0.3 is 21.1 Å². The van der Waals surface area contributed by atoms with E-state index in [0.717, 1.165) is 22.8 Å². The van der Waals surface area contributed by atoms with Gasteiger partial charge in [-0.15, -0.1) is 35.9 Å². The Morgan fingerprint density at radius 2 is 1.40 bits per heavy atom. The van der Waals surface area contributed by atoms with Crippen LogP contribution in [0.2, 0.25) is 0 Å². The quantitative estimate of drug-likeness (QED) is 0.161. The van der Waals surface area contributed by atoms with E-state index in [9.17, 15) is 0 Å². The molecule has 3 aromatic heterocycles. The third kappa shape index (κ3) is 5.02. The molecule has 0 bridgehead atoms. The molecule has 0 amide bonds. The zero-order valence-corrected chi connectivity index (χ0v) is 24.2. The summed E-state index contributed by atoms with van der Waals surface area (Å²) in [4.78, 5) is 12.0. The number of thiophene rings is 1. The predicted octanol–water partition coefficient (Wildman–Crippen LogP) is 9.37. The average Bonchev–Trinajstić information content (AvgIpc) is 3.38. The Morgan fingerprint density at radius 3 is 2.25 bits per heavy atom. The molecule has 0 saturated carbocycles. The van der Waals surface area contributed by atoms with Crippen LogP contribution in [0.1, 0.15) is 0 Å². The summed E-state index contributed by atoms with van der Waals surface area (Å²) in [7, 11) is 0. The van der Waals surface area contributed by atoms with Gasteiger partial charge in [0.15, 0.2) is 0 Å². The minimum atomic E-state index is 0. The van der Waals surface area contributed by atoms with Crippen LogP contribution < -0.4 is 9.64 Å². The maximum Gasteiger partial charge on any atom is 2.00 e. The SMILES string of the molecule is [Pt+2].[c-]1ccccc1Oc1cccc(N(c2ccccc2)c2cccc(-c3[c-]ccc4c3sc3ccccc34)n2)n1. The van der Waals surface area contributed by atoms with Gasteiger partial charge in [0.25, 0.3) is 0 Å². The monoisotopic (exact) mass is 714 g/mol. The van der Waals surface area contributed by atoms with E-state index < -0.39 is 0 Å². The van der Waals surface area contributed by atoms with Crippen LogP contribution in [0.5, 0.6) is 11.6 Å². The molecule has 4 aromatic carbocycles. The van der Waals surface area contributed by atoms with E-state index in [-0.39, 0.29) is 21.1 Å². The standard InChI is InChI=1S/C34H21N3OS.Pt/c1-3-12-24(13-4-1)37(32-22-11-23-33(36-32)38-25-14-5-2-6-15-25)31-21-10-19-29(35-31)28-18-9-17-27-26-16-7-8-20-30(26)39-34(27)28;/h1-14,16-17,19-23H;/q-2;+2. The molecule has 0 fully saturated rings. The zero-order chi connectivity index (χ0) is 26.0. The smallest absolute Gasteiger partial charge is 0.466 e. The van der Waals surface area contributed by atoms with Crippen LogP contribution in [0, 0.1) is 12.1 Å². The number of hydrogen-bond acceptors (Lipinski definition) is 5. The molecule has 7 aromatic rings. The number of para-hydroxylation sites is 2. The first-order valence-corrected chi connectivity index (χ1v) is 13.4. The molecule has 0 unspecified atom stereocenters. The number of pyridine rings is 2. The summed E-state index contributed by atoms with van der Waals surface area (Å²) in [6.07, 6.45) is 0. The summed E-state index contributed by atoms with van der Waals surface area (Å²) < 4.78 is 8.43. The number of aromatic nitrogens is 2. The van der Waals surface area contributed by atoms with Crippen molar-refractivity contribution < 1.29 is 25.8 Å². The zero-order valence-electron chi connectivity index (χ0n) is 21.1. The van der Waals surface area contributed by atoms with E-state index in [2.05, 4.69) is 42.5 Å². The van der Waals surface area contributed by atoms with Crippen LogP contribution in [-0.4, -0.2) is 9.97 Å². The molecule has 194 valence electrons. The molecule has 0 aliphatic heterocycles. The summed E-state index contributed by atoms with van der Waals surface area (Å²) in [5.74, 6) is 2.54. The fourth-order valence-electron chi connectivity index (χ4n) is 4.67. The Kier molecular flexibility index (Phi) is 7.41. The molecule has 0 spiro atoms. The predicted molar refractivity (Wildman–Crippen MR) is 159 cm³/mol. The number of rotatable bonds is 6. The first-order valence-electron chi connectivity index (χ1n) is 12.6. The van der Waals surface area contributed by atoms with Gasteiger partial charge in [0.1, 0.15) is 11.6 Å². The Morgan fingerprint density at radius 1 is 0.625 bits per heavy atom. The van der Waals surface area contributed by atoms with Gasteiger partial charge in [-0.2, -0.15) is 34.5 Å². The van der Waals surface area contributed by atoms with E-state index in [1.54, 1.807) is 11.3 Å². The summed E-state index contributed by atoms with van der Waals surface area (Å²) in [6, 6.07) is 48.6. The summed E-state index contributed by atoms with van der Waals surface area (Å²) >= 11 is 1.78. The first-order chi connectivity index (χ1) is 19.3. The van der Waals surface area contributed by atoms with Crippen molar-refractivity contribution in [2.45, 2.75) is 0 Å². The largest absolute Gasteiger partial charge is 2.00 e. The fraction of sp³-hybridized carbons (Fsp3) is 0. The molecule has 6 heteroatoms. The molecule has 0 saturated heterocycles. The van der Waals surface area contributed by atoms with Crippen molar-refractivity contribution >= 4 is 48.8 Å². The molecule has 0 radical (unpaired) electrons. The molecule has 7 rings (SSSR count). The van der Waals surface area contributed by atoms with Crippen LogP contribution >= 0.6 is 11.3 Å². The van der Waals surface area contributed by atoms with Crippen molar-refractivity contribution in [3.05, 3.63) is 140 Å². The van der Waals surface area contributed by atoms with Crippen molar-refractivity contribution in [1.82, 2.24) is 9.97 Å². The number of benzene rings is 4. The Balaban J connectivity index is 0.00000289. The molecular formula is C34H21N3OPtS. The molecule has 0 N–H and O–H groups in total. The van der Waals surface area contributed by atoms with Gasteiger partial charge in [-0.25, -0.2) is 0 Å². The van der Waals surface area contributed by atoms with Gasteiger partial charge in [0.05, 0.1) is 0 Å². The Labute approximate surface area is 250 Å². The number of fused-ring (bicyclic) bond motifs is 3. The maximum absolute atomic E-state index is 5.99. The minimum absolute atomic E-state index is 0. The van der Waals surface area contributed by atoms with Crippen LogP contribution in [0.25, 0.3) is 31.4 Å². The molecule has 0 aliphatic rings. The molecular weight excluding hydrogens is 694 g/mol. The second kappa shape index (κ2) is 11.4. The van der Waals surface area contributed by atoms with Crippen LogP contribution in [0.15, 0.2) is 127 Å². The minimum Gasteiger partial charge on any atom is -0.466 e. The molecule has 4 nitrogen and oxygen atoms in total. The third-order valence-electron chi connectivity index (χ3n) is 6.41. The van der Waals surface area contributed by atoms with E-state index >= 15 is 0 Å². The maximum atomic E-state index is 5.99. The Hall–Kier alpha value is -4.31. The topological polar surface area (TPSA) is 38.2 Å². The van der Waals surface area contributed by atoms with Gasteiger partial charge in [0, 0.05) is 22.2 Å². The van der Waals surface area contributed by atoms with E-state index in [4.69, 9.17) is 14.7 Å². The number of nitrogens with zero attached hydrogens (tertiary/aromatic N) is 3. The average molecular weight is 715 g/mol. The molecule has 0 aliphatic carbocycles. The van der Waals surface area contributed by atoms with E-state index in [1.807, 2.05) is 102 Å². The van der Waals surface area contributed by atoms with Crippen molar-refractivity contribution in [2.75, 3.05) is 4.90 Å². The van der Waals surface area contributed by atoms with Crippen LogP contribution in [-0.2, 0) is 21.1 Å². The molecule has 0 atom stereocenters. The number of anilines is 3. The van der Waals surface area contributed by atoms with Gasteiger partial charge in [-0.05, 0) is 46.1 Å². The number of ether oxygens (including phenoxy) is 1. The van der Waals surface area contributed by atoms with Crippen molar-refractivity contribution in [2.24, 2.45) is 0 Å². The van der Waals surface area contributed by atoms with Gasteiger partial charge in [-0.3, -0.25) is 9.88 Å². The Bertz CT molecular complexity index is 1910. The van der Waals surface area contributed by atoms with Crippen molar-refractivity contribution in [3.63, 3.8) is 0 Å². The third-order valence-corrected chi connectivity index (χ3v) is 7.61. The molecule has 3 heterocycles. The first kappa shape index (κ1) is 25.9. The summed E-state index contributed by atoms with van der Waals surface area (Å²) in [6.45, 7) is 0. The van der Waals surface area contributed by atoms with Gasteiger partial charge < -0.3 is 4.74 Å². The second-order valence-corrected chi connectivity index (χ2v) is 9.96. The molecule has 40 heavy (non-hydrogen) atoms.